The third kappa shape index (κ3) is 5.90. The first-order chi connectivity index (χ1) is 8.76. The summed E-state index contributed by atoms with van der Waals surface area (Å²) in [6, 6.07) is 2.52. The Morgan fingerprint density at radius 2 is 1.84 bits per heavy atom. The van der Waals surface area contributed by atoms with Crippen LogP contribution in [0.25, 0.3) is 0 Å². The summed E-state index contributed by atoms with van der Waals surface area (Å²) in [5, 5.41) is 13.0. The third-order valence-electron chi connectivity index (χ3n) is 3.62. The maximum atomic E-state index is 9.50. The van der Waals surface area contributed by atoms with E-state index in [0.29, 0.717) is 0 Å². The molecule has 0 unspecified atom stereocenters. The van der Waals surface area contributed by atoms with Crippen LogP contribution in [-0.4, -0.2) is 61.2 Å². The monoisotopic (exact) mass is 266 g/mol. The van der Waals surface area contributed by atoms with Crippen molar-refractivity contribution < 1.29 is 0 Å². The minimum absolute atomic E-state index is 0.00280. The quantitative estimate of drug-likeness (QED) is 0.822. The Balaban J connectivity index is 2.40. The molecule has 0 saturated carbocycles. The van der Waals surface area contributed by atoms with Gasteiger partial charge in [-0.3, -0.25) is 5.32 Å². The Bertz CT molecular complexity index is 303. The van der Waals surface area contributed by atoms with E-state index in [4.69, 9.17) is 0 Å². The average molecular weight is 266 g/mol. The molecule has 0 spiro atoms. The van der Waals surface area contributed by atoms with Crippen LogP contribution in [0.4, 0.5) is 0 Å². The van der Waals surface area contributed by atoms with Gasteiger partial charge >= 0.3 is 0 Å². The predicted molar refractivity (Wildman–Crippen MR) is 80.1 cm³/mol. The zero-order valence-electron chi connectivity index (χ0n) is 13.3. The summed E-state index contributed by atoms with van der Waals surface area (Å²) in [5.74, 6) is 0. The van der Waals surface area contributed by atoms with Crippen LogP contribution in [0.5, 0.6) is 0 Å². The van der Waals surface area contributed by atoms with Crippen molar-refractivity contribution in [3.05, 3.63) is 0 Å². The molecule has 0 aromatic rings. The van der Waals surface area contributed by atoms with Crippen molar-refractivity contribution in [2.75, 3.05) is 40.3 Å². The molecule has 0 bridgehead atoms. The van der Waals surface area contributed by atoms with Crippen molar-refractivity contribution in [2.45, 2.75) is 51.1 Å². The molecule has 4 nitrogen and oxygen atoms in total. The van der Waals surface area contributed by atoms with Gasteiger partial charge in [-0.2, -0.15) is 5.26 Å². The fourth-order valence-corrected chi connectivity index (χ4v) is 2.75. The van der Waals surface area contributed by atoms with Gasteiger partial charge in [0.25, 0.3) is 0 Å². The van der Waals surface area contributed by atoms with E-state index in [-0.39, 0.29) is 11.1 Å². The van der Waals surface area contributed by atoms with Gasteiger partial charge in [0, 0.05) is 18.6 Å². The molecule has 1 aliphatic rings. The van der Waals surface area contributed by atoms with Gasteiger partial charge in [0.1, 0.15) is 5.54 Å². The van der Waals surface area contributed by atoms with E-state index in [1.165, 1.54) is 6.42 Å². The summed E-state index contributed by atoms with van der Waals surface area (Å²) in [5.41, 5.74) is -0.320. The van der Waals surface area contributed by atoms with Crippen LogP contribution < -0.4 is 5.32 Å². The number of piperidine rings is 1. The first kappa shape index (κ1) is 16.4. The summed E-state index contributed by atoms with van der Waals surface area (Å²) in [6.45, 7) is 10.8. The lowest BCUT2D eigenvalue weighted by molar-refractivity contribution is 0.142. The summed E-state index contributed by atoms with van der Waals surface area (Å²) in [4.78, 5) is 4.72. The Morgan fingerprint density at radius 3 is 2.26 bits per heavy atom. The van der Waals surface area contributed by atoms with E-state index < -0.39 is 0 Å². The summed E-state index contributed by atoms with van der Waals surface area (Å²) in [6.07, 6.45) is 3.07. The van der Waals surface area contributed by atoms with Gasteiger partial charge < -0.3 is 9.80 Å². The molecule has 19 heavy (non-hydrogen) atoms. The first-order valence-corrected chi connectivity index (χ1v) is 7.34. The minimum atomic E-state index is -0.323. The van der Waals surface area contributed by atoms with Crippen LogP contribution in [0.2, 0.25) is 0 Å². The van der Waals surface area contributed by atoms with E-state index in [1.807, 2.05) is 0 Å². The number of hydrogen-bond acceptors (Lipinski definition) is 4. The Labute approximate surface area is 118 Å². The number of hydrogen-bond donors (Lipinski definition) is 1. The molecule has 1 rings (SSSR count). The number of nitrogens with one attached hydrogen (secondary N) is 1. The zero-order valence-corrected chi connectivity index (χ0v) is 13.3. The molecule has 4 heteroatoms. The standard InChI is InChI=1S/C15H30N4/c1-14(2,3)17-15(13-16)7-11-19(12-8-15)10-6-9-18(4)5/h17H,6-12H2,1-5H3. The Kier molecular flexibility index (Phi) is 5.79. The molecule has 110 valence electrons. The van der Waals surface area contributed by atoms with Gasteiger partial charge in [-0.15, -0.1) is 0 Å². The lowest BCUT2D eigenvalue weighted by Gasteiger charge is -2.41. The van der Waals surface area contributed by atoms with Crippen molar-refractivity contribution in [1.29, 1.82) is 5.26 Å². The smallest absolute Gasteiger partial charge is 0.109 e. The lowest BCUT2D eigenvalue weighted by Crippen LogP contribution is -2.58. The van der Waals surface area contributed by atoms with Crippen LogP contribution in [0.3, 0.4) is 0 Å². The van der Waals surface area contributed by atoms with Crippen LogP contribution in [0.1, 0.15) is 40.0 Å². The highest BCUT2D eigenvalue weighted by molar-refractivity contribution is 5.11. The van der Waals surface area contributed by atoms with E-state index in [2.05, 4.69) is 56.1 Å². The van der Waals surface area contributed by atoms with Gasteiger partial charge in [-0.25, -0.2) is 0 Å². The Hall–Kier alpha value is -0.630. The van der Waals surface area contributed by atoms with Crippen molar-refractivity contribution in [3.8, 4) is 6.07 Å². The van der Waals surface area contributed by atoms with Crippen molar-refractivity contribution in [3.63, 3.8) is 0 Å². The molecule has 1 heterocycles. The molecular weight excluding hydrogens is 236 g/mol. The highest BCUT2D eigenvalue weighted by atomic mass is 15.2. The third-order valence-corrected chi connectivity index (χ3v) is 3.62. The predicted octanol–water partition coefficient (Wildman–Crippen LogP) is 1.68. The molecule has 0 aromatic carbocycles. The van der Waals surface area contributed by atoms with E-state index in [0.717, 1.165) is 39.0 Å². The second kappa shape index (κ2) is 6.69. The molecular formula is C15H30N4. The molecule has 0 aromatic heterocycles. The molecule has 1 fully saturated rings. The van der Waals surface area contributed by atoms with Gasteiger partial charge in [-0.05, 0) is 67.2 Å². The summed E-state index contributed by atoms with van der Waals surface area (Å²) >= 11 is 0. The molecule has 0 amide bonds. The summed E-state index contributed by atoms with van der Waals surface area (Å²) < 4.78 is 0. The normalized spacial score (nSPS) is 20.5. The molecule has 0 radical (unpaired) electrons. The molecule has 1 saturated heterocycles. The SMILES string of the molecule is CN(C)CCCN1CCC(C#N)(NC(C)(C)C)CC1. The highest BCUT2D eigenvalue weighted by Gasteiger charge is 2.37. The van der Waals surface area contributed by atoms with E-state index in [1.54, 1.807) is 0 Å². The summed E-state index contributed by atoms with van der Waals surface area (Å²) in [7, 11) is 4.23. The lowest BCUT2D eigenvalue weighted by atomic mass is 9.86. The topological polar surface area (TPSA) is 42.3 Å². The van der Waals surface area contributed by atoms with Crippen LogP contribution in [0, 0.1) is 11.3 Å². The second-order valence-corrected chi connectivity index (χ2v) is 7.07. The van der Waals surface area contributed by atoms with E-state index in [9.17, 15) is 5.26 Å². The van der Waals surface area contributed by atoms with Crippen LogP contribution in [-0.2, 0) is 0 Å². The number of nitriles is 1. The number of rotatable bonds is 5. The van der Waals surface area contributed by atoms with Gasteiger partial charge in [0.2, 0.25) is 0 Å². The minimum Gasteiger partial charge on any atom is -0.309 e. The second-order valence-electron chi connectivity index (χ2n) is 7.07. The van der Waals surface area contributed by atoms with Crippen molar-refractivity contribution in [2.24, 2.45) is 0 Å². The Morgan fingerprint density at radius 1 is 1.26 bits per heavy atom. The number of nitrogens with zero attached hydrogens (tertiary/aromatic N) is 3. The first-order valence-electron chi connectivity index (χ1n) is 7.34. The molecule has 0 atom stereocenters. The van der Waals surface area contributed by atoms with Gasteiger partial charge in [0.15, 0.2) is 0 Å². The van der Waals surface area contributed by atoms with Crippen LogP contribution >= 0.6 is 0 Å². The molecule has 0 aliphatic carbocycles. The maximum Gasteiger partial charge on any atom is 0.109 e. The van der Waals surface area contributed by atoms with Gasteiger partial charge in [-0.1, -0.05) is 0 Å². The number of likely N-dealkylation sites (tertiary alicyclic amines) is 1. The highest BCUT2D eigenvalue weighted by Crippen LogP contribution is 2.24. The molecule has 1 aliphatic heterocycles. The molecule has 1 N–H and O–H groups in total. The fraction of sp³-hybridized carbons (Fsp3) is 0.933. The van der Waals surface area contributed by atoms with Gasteiger partial charge in [0.05, 0.1) is 6.07 Å². The average Bonchev–Trinajstić information content (AvgIpc) is 2.29. The largest absolute Gasteiger partial charge is 0.309 e. The van der Waals surface area contributed by atoms with Crippen molar-refractivity contribution in [1.82, 2.24) is 15.1 Å². The van der Waals surface area contributed by atoms with Crippen molar-refractivity contribution >= 4 is 0 Å². The van der Waals surface area contributed by atoms with E-state index >= 15 is 0 Å². The fourth-order valence-electron chi connectivity index (χ4n) is 2.75. The maximum absolute atomic E-state index is 9.50. The zero-order chi connectivity index (χ0) is 14.5. The van der Waals surface area contributed by atoms with Crippen LogP contribution in [0.15, 0.2) is 0 Å².